The van der Waals surface area contributed by atoms with Crippen molar-refractivity contribution in [1.29, 1.82) is 0 Å². The predicted molar refractivity (Wildman–Crippen MR) is 122 cm³/mol. The summed E-state index contributed by atoms with van der Waals surface area (Å²) < 4.78 is 12.0. The maximum Gasteiger partial charge on any atom is 0.409 e. The van der Waals surface area contributed by atoms with Gasteiger partial charge in [-0.1, -0.05) is 110 Å². The molecule has 1 aliphatic rings. The van der Waals surface area contributed by atoms with Gasteiger partial charge in [0.05, 0.1) is 0 Å². The van der Waals surface area contributed by atoms with E-state index in [1.807, 2.05) is 91.0 Å². The highest BCUT2D eigenvalue weighted by Gasteiger charge is 2.38. The van der Waals surface area contributed by atoms with Crippen molar-refractivity contribution in [2.24, 2.45) is 0 Å². The number of amides is 1. The Hall–Kier alpha value is -3.11. The van der Waals surface area contributed by atoms with Gasteiger partial charge in [-0.2, -0.15) is 0 Å². The van der Waals surface area contributed by atoms with Crippen LogP contribution in [-0.4, -0.2) is 18.9 Å². The maximum absolute atomic E-state index is 12.4. The highest BCUT2D eigenvalue weighted by molar-refractivity contribution is 5.67. The van der Waals surface area contributed by atoms with Crippen LogP contribution >= 0.6 is 0 Å². The van der Waals surface area contributed by atoms with Crippen molar-refractivity contribution >= 4 is 6.09 Å². The van der Waals surface area contributed by atoms with Gasteiger partial charge in [0.25, 0.3) is 0 Å². The smallest absolute Gasteiger partial charge is 0.409 e. The van der Waals surface area contributed by atoms with Crippen LogP contribution in [0.2, 0.25) is 0 Å². The second-order valence-electron chi connectivity index (χ2n) is 7.95. The van der Waals surface area contributed by atoms with E-state index in [9.17, 15) is 4.79 Å². The quantitative estimate of drug-likeness (QED) is 0.380. The lowest BCUT2D eigenvalue weighted by atomic mass is 9.80. The third kappa shape index (κ3) is 4.97. The molecule has 0 bridgehead atoms. The summed E-state index contributed by atoms with van der Waals surface area (Å²) in [7, 11) is 0. The minimum Gasteiger partial charge on any atom is -0.422 e. The van der Waals surface area contributed by atoms with Crippen molar-refractivity contribution in [3.05, 3.63) is 108 Å². The van der Waals surface area contributed by atoms with Gasteiger partial charge < -0.3 is 14.8 Å². The normalized spacial score (nSPS) is 14.7. The lowest BCUT2D eigenvalue weighted by Crippen LogP contribution is -2.38. The van der Waals surface area contributed by atoms with Crippen LogP contribution in [0.1, 0.15) is 48.8 Å². The fourth-order valence-electron chi connectivity index (χ4n) is 4.40. The van der Waals surface area contributed by atoms with E-state index in [0.29, 0.717) is 0 Å². The van der Waals surface area contributed by atoms with E-state index in [0.717, 1.165) is 42.4 Å². The van der Waals surface area contributed by atoms with Crippen molar-refractivity contribution in [3.8, 4) is 0 Å². The molecule has 1 amide bonds. The third-order valence-electron chi connectivity index (χ3n) is 5.93. The molecule has 3 aromatic rings. The standard InChI is InChI=1S/C27H29NO3/c29-26(28-25-19-11-4-12-20-25)30-21-31-27(22-13-5-1-6-14-22,23-15-7-2-8-16-23)24-17-9-3-10-18-24/h1-3,5-10,13-18,25H,4,11-12,19-21H2,(H,28,29). The highest BCUT2D eigenvalue weighted by atomic mass is 16.7. The molecule has 0 atom stereocenters. The van der Waals surface area contributed by atoms with Gasteiger partial charge in [0.2, 0.25) is 0 Å². The van der Waals surface area contributed by atoms with Crippen LogP contribution in [-0.2, 0) is 15.1 Å². The first-order chi connectivity index (χ1) is 15.3. The molecule has 4 rings (SSSR count). The van der Waals surface area contributed by atoms with Gasteiger partial charge in [0.15, 0.2) is 6.79 Å². The minimum absolute atomic E-state index is 0.156. The number of alkyl carbamates (subject to hydrolysis) is 1. The van der Waals surface area contributed by atoms with Crippen LogP contribution in [0.4, 0.5) is 4.79 Å². The van der Waals surface area contributed by atoms with Gasteiger partial charge in [-0.05, 0) is 29.5 Å². The summed E-state index contributed by atoms with van der Waals surface area (Å²) in [5, 5.41) is 2.98. The molecule has 0 spiro atoms. The Labute approximate surface area is 184 Å². The van der Waals surface area contributed by atoms with E-state index in [4.69, 9.17) is 9.47 Å². The zero-order valence-electron chi connectivity index (χ0n) is 17.7. The molecule has 4 heteroatoms. The Morgan fingerprint density at radius 2 is 1.19 bits per heavy atom. The zero-order valence-corrected chi connectivity index (χ0v) is 17.7. The Morgan fingerprint density at radius 1 is 0.742 bits per heavy atom. The Kier molecular flexibility index (Phi) is 7.00. The number of nitrogens with one attached hydrogen (secondary N) is 1. The summed E-state index contributed by atoms with van der Waals surface area (Å²) in [6.45, 7) is -0.156. The molecule has 31 heavy (non-hydrogen) atoms. The number of ether oxygens (including phenoxy) is 2. The summed E-state index contributed by atoms with van der Waals surface area (Å²) in [5.41, 5.74) is 2.03. The molecular weight excluding hydrogens is 386 g/mol. The first kappa shape index (κ1) is 21.1. The molecule has 1 N–H and O–H groups in total. The lowest BCUT2D eigenvalue weighted by Gasteiger charge is -2.35. The summed E-state index contributed by atoms with van der Waals surface area (Å²) >= 11 is 0. The number of hydrogen-bond acceptors (Lipinski definition) is 3. The molecule has 3 aromatic carbocycles. The Balaban J connectivity index is 1.60. The van der Waals surface area contributed by atoms with Gasteiger partial charge in [-0.3, -0.25) is 0 Å². The topological polar surface area (TPSA) is 47.6 Å². The first-order valence-electron chi connectivity index (χ1n) is 11.0. The summed E-state index contributed by atoms with van der Waals surface area (Å²) in [6.07, 6.45) is 5.15. The molecule has 0 saturated heterocycles. The van der Waals surface area contributed by atoms with Crippen LogP contribution in [0, 0.1) is 0 Å². The molecular formula is C27H29NO3. The van der Waals surface area contributed by atoms with Crippen molar-refractivity contribution in [2.75, 3.05) is 6.79 Å². The molecule has 1 aliphatic carbocycles. The Morgan fingerprint density at radius 3 is 1.65 bits per heavy atom. The number of benzene rings is 3. The Bertz CT molecular complexity index is 841. The van der Waals surface area contributed by atoms with Crippen molar-refractivity contribution in [2.45, 2.75) is 43.7 Å². The van der Waals surface area contributed by atoms with Crippen molar-refractivity contribution < 1.29 is 14.3 Å². The molecule has 160 valence electrons. The van der Waals surface area contributed by atoms with E-state index in [1.54, 1.807) is 0 Å². The molecule has 0 heterocycles. The van der Waals surface area contributed by atoms with Gasteiger partial charge in [0, 0.05) is 6.04 Å². The fraction of sp³-hybridized carbons (Fsp3) is 0.296. The molecule has 1 fully saturated rings. The first-order valence-corrected chi connectivity index (χ1v) is 11.0. The molecule has 0 aromatic heterocycles. The van der Waals surface area contributed by atoms with Crippen molar-refractivity contribution in [1.82, 2.24) is 5.32 Å². The zero-order chi connectivity index (χ0) is 21.4. The van der Waals surface area contributed by atoms with Crippen molar-refractivity contribution in [3.63, 3.8) is 0 Å². The lowest BCUT2D eigenvalue weighted by molar-refractivity contribution is -0.0837. The van der Waals surface area contributed by atoms with Gasteiger partial charge in [-0.15, -0.1) is 0 Å². The predicted octanol–water partition coefficient (Wildman–Crippen LogP) is 6.01. The van der Waals surface area contributed by atoms with Gasteiger partial charge in [0.1, 0.15) is 5.60 Å². The van der Waals surface area contributed by atoms with Crippen LogP contribution in [0.25, 0.3) is 0 Å². The average molecular weight is 416 g/mol. The second kappa shape index (κ2) is 10.3. The van der Waals surface area contributed by atoms with E-state index in [2.05, 4.69) is 5.32 Å². The van der Waals surface area contributed by atoms with E-state index >= 15 is 0 Å². The van der Waals surface area contributed by atoms with Crippen LogP contribution in [0.15, 0.2) is 91.0 Å². The SMILES string of the molecule is O=C(NC1CCCCC1)OCOC(c1ccccc1)(c1ccccc1)c1ccccc1. The molecule has 0 radical (unpaired) electrons. The summed E-state index contributed by atoms with van der Waals surface area (Å²) in [6, 6.07) is 30.4. The molecule has 1 saturated carbocycles. The van der Waals surface area contributed by atoms with Crippen LogP contribution in [0.5, 0.6) is 0 Å². The second-order valence-corrected chi connectivity index (χ2v) is 7.95. The van der Waals surface area contributed by atoms with Crippen LogP contribution in [0.3, 0.4) is 0 Å². The van der Waals surface area contributed by atoms with E-state index in [-0.39, 0.29) is 12.8 Å². The highest BCUT2D eigenvalue weighted by Crippen LogP contribution is 2.40. The molecule has 4 nitrogen and oxygen atoms in total. The maximum atomic E-state index is 12.4. The van der Waals surface area contributed by atoms with Crippen LogP contribution < -0.4 is 5.32 Å². The fourth-order valence-corrected chi connectivity index (χ4v) is 4.40. The van der Waals surface area contributed by atoms with Gasteiger partial charge >= 0.3 is 6.09 Å². The number of hydrogen-bond donors (Lipinski definition) is 1. The number of carbonyl (C=O) groups excluding carboxylic acids is 1. The number of carbonyl (C=O) groups is 1. The summed E-state index contributed by atoms with van der Waals surface area (Å²) in [4.78, 5) is 12.4. The average Bonchev–Trinajstić information content (AvgIpc) is 2.84. The molecule has 0 aliphatic heterocycles. The summed E-state index contributed by atoms with van der Waals surface area (Å²) in [5.74, 6) is 0. The molecule has 0 unspecified atom stereocenters. The third-order valence-corrected chi connectivity index (χ3v) is 5.93. The van der Waals surface area contributed by atoms with E-state index in [1.165, 1.54) is 6.42 Å². The number of rotatable bonds is 7. The van der Waals surface area contributed by atoms with Gasteiger partial charge in [-0.25, -0.2) is 4.79 Å². The van der Waals surface area contributed by atoms with E-state index < -0.39 is 11.7 Å². The minimum atomic E-state index is -0.894. The largest absolute Gasteiger partial charge is 0.422 e. The monoisotopic (exact) mass is 415 g/mol.